The molecular weight excluding hydrogens is 521 g/mol. The smallest absolute Gasteiger partial charge is 0.305 e. The van der Waals surface area contributed by atoms with Gasteiger partial charge in [-0.25, -0.2) is 0 Å². The number of rotatable bonds is 11. The predicted molar refractivity (Wildman–Crippen MR) is 172 cm³/mol. The molecule has 0 aromatic heterocycles. The van der Waals surface area contributed by atoms with Crippen LogP contribution in [-0.2, 0) is 18.4 Å². The third-order valence-corrected chi connectivity index (χ3v) is 17.1. The van der Waals surface area contributed by atoms with Crippen LogP contribution in [0.1, 0.15) is 67.2 Å². The summed E-state index contributed by atoms with van der Waals surface area (Å²) in [6.07, 6.45) is 10.2. The third kappa shape index (κ3) is 15.3. The van der Waals surface area contributed by atoms with Gasteiger partial charge < -0.3 is 13.6 Å². The van der Waals surface area contributed by atoms with Crippen LogP contribution in [0, 0.1) is 23.3 Å². The number of carbonyl (C=O) groups excluding carboxylic acids is 1. The van der Waals surface area contributed by atoms with E-state index in [9.17, 15) is 4.79 Å². The van der Waals surface area contributed by atoms with Gasteiger partial charge in [-0.05, 0) is 55.2 Å². The molecule has 0 aliphatic rings. The number of carbonyl (C=O) groups is 1. The molecule has 0 fully saturated rings. The van der Waals surface area contributed by atoms with E-state index < -0.39 is 24.7 Å². The highest BCUT2D eigenvalue weighted by molar-refractivity contribution is 6.83. The lowest BCUT2D eigenvalue weighted by Gasteiger charge is -2.38. The van der Waals surface area contributed by atoms with Gasteiger partial charge >= 0.3 is 5.97 Å². The van der Waals surface area contributed by atoms with Crippen LogP contribution >= 0.6 is 0 Å². The topological polar surface area (TPSA) is 44.8 Å². The van der Waals surface area contributed by atoms with Crippen molar-refractivity contribution in [3.8, 4) is 23.3 Å². The van der Waals surface area contributed by atoms with E-state index in [1.54, 1.807) is 0 Å². The van der Waals surface area contributed by atoms with Crippen molar-refractivity contribution in [3.05, 3.63) is 24.3 Å². The van der Waals surface area contributed by atoms with E-state index in [1.807, 2.05) is 18.2 Å². The molecule has 0 aromatic carbocycles. The molecule has 0 radical (unpaired) electrons. The van der Waals surface area contributed by atoms with Gasteiger partial charge in [0.2, 0.25) is 0 Å². The first-order valence-electron chi connectivity index (χ1n) is 13.9. The van der Waals surface area contributed by atoms with E-state index in [1.165, 1.54) is 7.11 Å². The fourth-order valence-electron chi connectivity index (χ4n) is 2.78. The van der Waals surface area contributed by atoms with Crippen LogP contribution in [0.2, 0.25) is 55.9 Å². The first-order valence-corrected chi connectivity index (χ1v) is 23.2. The molecule has 0 saturated carbocycles. The molecule has 7 heteroatoms. The van der Waals surface area contributed by atoms with Crippen molar-refractivity contribution in [2.24, 2.45) is 0 Å². The molecule has 0 aromatic rings. The van der Waals surface area contributed by atoms with Crippen molar-refractivity contribution in [1.29, 1.82) is 0 Å². The maximum Gasteiger partial charge on any atom is 0.305 e. The Kier molecular flexibility index (Phi) is 14.9. The molecule has 0 amide bonds. The summed E-state index contributed by atoms with van der Waals surface area (Å²) in [5.74, 6) is 9.65. The first-order chi connectivity index (χ1) is 17.1. The Balaban J connectivity index is 5.60. The summed E-state index contributed by atoms with van der Waals surface area (Å²) in [6, 6.07) is 0. The second kappa shape index (κ2) is 15.4. The van der Waals surface area contributed by atoms with Crippen LogP contribution in [0.4, 0.5) is 0 Å². The summed E-state index contributed by atoms with van der Waals surface area (Å²) in [5.41, 5.74) is 3.47. The summed E-state index contributed by atoms with van der Waals surface area (Å²) in [6.45, 7) is 29.3. The van der Waals surface area contributed by atoms with Crippen molar-refractivity contribution in [3.63, 3.8) is 0 Å². The molecule has 216 valence electrons. The Morgan fingerprint density at radius 2 is 1.42 bits per heavy atom. The second-order valence-corrected chi connectivity index (χ2v) is 28.3. The second-order valence-electron chi connectivity index (χ2n) is 14.0. The number of esters is 1. The van der Waals surface area contributed by atoms with E-state index in [0.717, 1.165) is 0 Å². The fourth-order valence-corrected chi connectivity index (χ4v) is 5.93. The van der Waals surface area contributed by atoms with Crippen molar-refractivity contribution in [2.45, 2.75) is 135 Å². The molecule has 0 saturated heterocycles. The predicted octanol–water partition coefficient (Wildman–Crippen LogP) is 8.50. The molecule has 0 spiro atoms. The SMILES string of the molecule is COC(=O)CCC[C@@H](C#C/C=C/C=C/[C@@H](CC#C[Si](C)(C)C)O[Si](C)(C)C(C)(C)C)O[Si](C)(C)C(C)(C)C. The van der Waals surface area contributed by atoms with Crippen LogP contribution in [0.3, 0.4) is 0 Å². The quantitative estimate of drug-likeness (QED) is 0.107. The van der Waals surface area contributed by atoms with Crippen molar-refractivity contribution < 1.29 is 18.4 Å². The maximum atomic E-state index is 11.6. The lowest BCUT2D eigenvalue weighted by Crippen LogP contribution is -2.43. The Morgan fingerprint density at radius 3 is 1.92 bits per heavy atom. The zero-order chi connectivity index (χ0) is 29.8. The Bertz CT molecular complexity index is 921. The molecule has 0 rings (SSSR count). The normalized spacial score (nSPS) is 15.0. The lowest BCUT2D eigenvalue weighted by molar-refractivity contribution is -0.140. The molecular formula is C31H56O4Si3. The summed E-state index contributed by atoms with van der Waals surface area (Å²) in [5, 5.41) is 0.227. The van der Waals surface area contributed by atoms with Gasteiger partial charge in [-0.3, -0.25) is 4.79 Å². The summed E-state index contributed by atoms with van der Waals surface area (Å²) in [4.78, 5) is 11.6. The van der Waals surface area contributed by atoms with Gasteiger partial charge in [-0.2, -0.15) is 0 Å². The first kappa shape index (κ1) is 36.6. The van der Waals surface area contributed by atoms with Gasteiger partial charge in [0.25, 0.3) is 0 Å². The highest BCUT2D eigenvalue weighted by Crippen LogP contribution is 2.38. The molecule has 0 N–H and O–H groups in total. The molecule has 2 atom stereocenters. The highest BCUT2D eigenvalue weighted by atomic mass is 28.4. The fraction of sp³-hybridized carbons (Fsp3) is 0.710. The van der Waals surface area contributed by atoms with Crippen molar-refractivity contribution in [2.75, 3.05) is 7.11 Å². The molecule has 0 heterocycles. The van der Waals surface area contributed by atoms with E-state index >= 15 is 0 Å². The van der Waals surface area contributed by atoms with Gasteiger partial charge in [0.1, 0.15) is 14.2 Å². The zero-order valence-electron chi connectivity index (χ0n) is 26.9. The average Bonchev–Trinajstić information content (AvgIpc) is 2.72. The zero-order valence-corrected chi connectivity index (χ0v) is 29.9. The number of hydrogen-bond donors (Lipinski definition) is 0. The minimum absolute atomic E-state index is 0.0367. The molecule has 0 unspecified atom stereocenters. The minimum Gasteiger partial charge on any atom is -0.469 e. The molecule has 0 aliphatic heterocycles. The maximum absolute atomic E-state index is 11.6. The molecule has 38 heavy (non-hydrogen) atoms. The monoisotopic (exact) mass is 576 g/mol. The Hall–Kier alpha value is -1.36. The highest BCUT2D eigenvalue weighted by Gasteiger charge is 2.39. The number of ether oxygens (including phenoxy) is 1. The third-order valence-electron chi connectivity index (χ3n) is 7.20. The van der Waals surface area contributed by atoms with Gasteiger partial charge in [0.05, 0.1) is 13.2 Å². The summed E-state index contributed by atoms with van der Waals surface area (Å²) >= 11 is 0. The van der Waals surface area contributed by atoms with Crippen molar-refractivity contribution in [1.82, 2.24) is 0 Å². The summed E-state index contributed by atoms with van der Waals surface area (Å²) in [7, 11) is -3.91. The van der Waals surface area contributed by atoms with Crippen LogP contribution in [0.5, 0.6) is 0 Å². The lowest BCUT2D eigenvalue weighted by atomic mass is 10.1. The van der Waals surface area contributed by atoms with Crippen LogP contribution < -0.4 is 0 Å². The average molecular weight is 577 g/mol. The van der Waals surface area contributed by atoms with Gasteiger partial charge in [-0.15, -0.1) is 11.5 Å². The standard InChI is InChI=1S/C31H56O4Si3/c1-30(2,3)37(11,12)34-27(23-19-25-29(32)33-7)21-17-15-16-18-22-28(24-20-26-36(8,9)10)35-38(13,14)31(4,5)6/h15-16,18,22,27-28H,19,23-25H2,1-14H3/b16-15+,22-18+/t27-,28+/m1/s1. The molecule has 0 aliphatic carbocycles. The Morgan fingerprint density at radius 1 is 0.868 bits per heavy atom. The van der Waals surface area contributed by atoms with Gasteiger partial charge in [-0.1, -0.05) is 91.3 Å². The van der Waals surface area contributed by atoms with Crippen LogP contribution in [0.15, 0.2) is 24.3 Å². The van der Waals surface area contributed by atoms with Gasteiger partial charge in [0.15, 0.2) is 16.6 Å². The van der Waals surface area contributed by atoms with E-state index in [0.29, 0.717) is 25.7 Å². The molecule has 4 nitrogen and oxygen atoms in total. The Labute approximate surface area is 238 Å². The van der Waals surface area contributed by atoms with Gasteiger partial charge in [0, 0.05) is 12.8 Å². The van der Waals surface area contributed by atoms with Crippen molar-refractivity contribution >= 4 is 30.7 Å². The minimum atomic E-state index is -1.99. The largest absolute Gasteiger partial charge is 0.469 e. The number of methoxy groups -OCH3 is 1. The van der Waals surface area contributed by atoms with E-state index in [-0.39, 0.29) is 28.3 Å². The van der Waals surface area contributed by atoms with E-state index in [2.05, 4.69) is 117 Å². The van der Waals surface area contributed by atoms with Crippen LogP contribution in [0.25, 0.3) is 0 Å². The van der Waals surface area contributed by atoms with E-state index in [4.69, 9.17) is 13.6 Å². The molecule has 0 bridgehead atoms. The van der Waals surface area contributed by atoms with Crippen LogP contribution in [-0.4, -0.2) is 50.0 Å². The number of hydrogen-bond acceptors (Lipinski definition) is 4. The summed E-state index contributed by atoms with van der Waals surface area (Å²) < 4.78 is 18.0. The number of allylic oxidation sites excluding steroid dienone is 3.